The van der Waals surface area contributed by atoms with E-state index in [4.69, 9.17) is 17.3 Å². The van der Waals surface area contributed by atoms with Crippen LogP contribution in [0.3, 0.4) is 0 Å². The molecule has 0 aliphatic rings. The molecule has 0 aliphatic carbocycles. The maximum Gasteiger partial charge on any atom is 0.224 e. The highest BCUT2D eigenvalue weighted by molar-refractivity contribution is 6.28. The Labute approximate surface area is 99.4 Å². The van der Waals surface area contributed by atoms with E-state index in [0.29, 0.717) is 5.82 Å². The summed E-state index contributed by atoms with van der Waals surface area (Å²) >= 11 is 5.70. The number of hydrogen-bond donors (Lipinski definition) is 2. The molecule has 1 amide bonds. The molecule has 6 heteroatoms. The Kier molecular flexibility index (Phi) is 3.70. The second kappa shape index (κ2) is 4.65. The molecule has 1 aromatic rings. The number of nitrogens with one attached hydrogen (secondary N) is 1. The van der Waals surface area contributed by atoms with Crippen molar-refractivity contribution < 1.29 is 4.79 Å². The fourth-order valence-corrected chi connectivity index (χ4v) is 1.48. The SMILES string of the molecule is Cc1cnc(Cl)nc1NC(C)(C)CC(N)=O. The average Bonchev–Trinajstić information content (AvgIpc) is 2.08. The summed E-state index contributed by atoms with van der Waals surface area (Å²) in [5.74, 6) is 0.251. The quantitative estimate of drug-likeness (QED) is 0.784. The summed E-state index contributed by atoms with van der Waals surface area (Å²) in [5.41, 5.74) is 5.56. The van der Waals surface area contributed by atoms with Gasteiger partial charge in [0.2, 0.25) is 11.2 Å². The van der Waals surface area contributed by atoms with Crippen LogP contribution < -0.4 is 11.1 Å². The van der Waals surface area contributed by atoms with Crippen LogP contribution in [-0.2, 0) is 4.79 Å². The normalized spacial score (nSPS) is 11.2. The summed E-state index contributed by atoms with van der Waals surface area (Å²) < 4.78 is 0. The van der Waals surface area contributed by atoms with E-state index in [-0.39, 0.29) is 17.6 Å². The Morgan fingerprint density at radius 3 is 2.81 bits per heavy atom. The number of aryl methyl sites for hydroxylation is 1. The largest absolute Gasteiger partial charge is 0.370 e. The van der Waals surface area contributed by atoms with Crippen molar-refractivity contribution in [2.24, 2.45) is 5.73 Å². The van der Waals surface area contributed by atoms with Gasteiger partial charge in [0, 0.05) is 23.7 Å². The molecule has 5 nitrogen and oxygen atoms in total. The van der Waals surface area contributed by atoms with Crippen molar-refractivity contribution in [3.63, 3.8) is 0 Å². The zero-order valence-electron chi connectivity index (χ0n) is 9.54. The van der Waals surface area contributed by atoms with Gasteiger partial charge in [-0.15, -0.1) is 0 Å². The topological polar surface area (TPSA) is 80.9 Å². The lowest BCUT2D eigenvalue weighted by atomic mass is 10.0. The van der Waals surface area contributed by atoms with Gasteiger partial charge in [-0.3, -0.25) is 4.79 Å². The Morgan fingerprint density at radius 1 is 1.62 bits per heavy atom. The molecule has 0 bridgehead atoms. The smallest absolute Gasteiger partial charge is 0.224 e. The summed E-state index contributed by atoms with van der Waals surface area (Å²) in [6.07, 6.45) is 1.84. The number of rotatable bonds is 4. The highest BCUT2D eigenvalue weighted by Gasteiger charge is 2.21. The van der Waals surface area contributed by atoms with E-state index in [1.54, 1.807) is 6.20 Å². The van der Waals surface area contributed by atoms with Crippen molar-refractivity contribution >= 4 is 23.3 Å². The Morgan fingerprint density at radius 2 is 2.25 bits per heavy atom. The molecule has 0 unspecified atom stereocenters. The van der Waals surface area contributed by atoms with Gasteiger partial charge in [-0.05, 0) is 32.4 Å². The summed E-state index contributed by atoms with van der Waals surface area (Å²) in [6, 6.07) is 0. The number of nitrogens with zero attached hydrogens (tertiary/aromatic N) is 2. The number of nitrogens with two attached hydrogens (primary N) is 1. The molecule has 0 atom stereocenters. The molecule has 0 spiro atoms. The zero-order chi connectivity index (χ0) is 12.3. The minimum absolute atomic E-state index is 0.169. The van der Waals surface area contributed by atoms with Crippen LogP contribution in [0.2, 0.25) is 5.28 Å². The predicted octanol–water partition coefficient (Wildman–Crippen LogP) is 1.50. The van der Waals surface area contributed by atoms with Gasteiger partial charge in [0.1, 0.15) is 5.82 Å². The third-order valence-electron chi connectivity index (χ3n) is 2.02. The number of carbonyl (C=O) groups excluding carboxylic acids is 1. The Hall–Kier alpha value is -1.36. The molecule has 0 aromatic carbocycles. The van der Waals surface area contributed by atoms with Crippen molar-refractivity contribution in [3.05, 3.63) is 17.0 Å². The van der Waals surface area contributed by atoms with Crippen LogP contribution in [0.15, 0.2) is 6.20 Å². The van der Waals surface area contributed by atoms with Gasteiger partial charge >= 0.3 is 0 Å². The molecule has 0 saturated carbocycles. The van der Waals surface area contributed by atoms with Crippen LogP contribution in [0.25, 0.3) is 0 Å². The standard InChI is InChI=1S/C10H15ClN4O/c1-6-5-13-9(11)14-8(6)15-10(2,3)4-7(12)16/h5H,4H2,1-3H3,(H2,12,16)(H,13,14,15). The van der Waals surface area contributed by atoms with Gasteiger partial charge in [-0.25, -0.2) is 9.97 Å². The van der Waals surface area contributed by atoms with Crippen molar-refractivity contribution in [3.8, 4) is 0 Å². The lowest BCUT2D eigenvalue weighted by Gasteiger charge is -2.26. The predicted molar refractivity (Wildman–Crippen MR) is 63.3 cm³/mol. The Balaban J connectivity index is 2.86. The van der Waals surface area contributed by atoms with Crippen molar-refractivity contribution in [2.75, 3.05) is 5.32 Å². The van der Waals surface area contributed by atoms with E-state index in [1.165, 1.54) is 0 Å². The zero-order valence-corrected chi connectivity index (χ0v) is 10.3. The Bertz CT molecular complexity index is 406. The highest BCUT2D eigenvalue weighted by atomic mass is 35.5. The molecule has 0 radical (unpaired) electrons. The van der Waals surface area contributed by atoms with Crippen LogP contribution in [-0.4, -0.2) is 21.4 Å². The van der Waals surface area contributed by atoms with Gasteiger partial charge in [0.15, 0.2) is 0 Å². The maximum absolute atomic E-state index is 10.9. The van der Waals surface area contributed by atoms with E-state index in [1.807, 2.05) is 20.8 Å². The number of hydrogen-bond acceptors (Lipinski definition) is 4. The number of anilines is 1. The minimum atomic E-state index is -0.464. The van der Waals surface area contributed by atoms with E-state index in [9.17, 15) is 4.79 Å². The molecule has 3 N–H and O–H groups in total. The van der Waals surface area contributed by atoms with Crippen molar-refractivity contribution in [1.29, 1.82) is 0 Å². The summed E-state index contributed by atoms with van der Waals surface area (Å²) in [4.78, 5) is 18.8. The van der Waals surface area contributed by atoms with Crippen LogP contribution in [0, 0.1) is 6.92 Å². The van der Waals surface area contributed by atoms with E-state index < -0.39 is 5.54 Å². The fraction of sp³-hybridized carbons (Fsp3) is 0.500. The third kappa shape index (κ3) is 3.66. The summed E-state index contributed by atoms with van der Waals surface area (Å²) in [6.45, 7) is 5.60. The summed E-state index contributed by atoms with van der Waals surface area (Å²) in [7, 11) is 0. The van der Waals surface area contributed by atoms with Crippen molar-refractivity contribution in [1.82, 2.24) is 9.97 Å². The van der Waals surface area contributed by atoms with Gasteiger partial charge in [0.25, 0.3) is 0 Å². The monoisotopic (exact) mass is 242 g/mol. The number of primary amides is 1. The lowest BCUT2D eigenvalue weighted by molar-refractivity contribution is -0.118. The summed E-state index contributed by atoms with van der Waals surface area (Å²) in [5, 5.41) is 3.29. The molecule has 0 saturated heterocycles. The van der Waals surface area contributed by atoms with Gasteiger partial charge in [-0.2, -0.15) is 0 Å². The second-order valence-electron chi connectivity index (χ2n) is 4.32. The van der Waals surface area contributed by atoms with E-state index >= 15 is 0 Å². The number of carbonyl (C=O) groups is 1. The molecule has 0 aliphatic heterocycles. The molecule has 16 heavy (non-hydrogen) atoms. The van der Waals surface area contributed by atoms with Gasteiger partial charge in [0.05, 0.1) is 0 Å². The van der Waals surface area contributed by atoms with Crippen LogP contribution >= 0.6 is 11.6 Å². The molecule has 1 aromatic heterocycles. The first-order valence-corrected chi connectivity index (χ1v) is 5.23. The van der Waals surface area contributed by atoms with Gasteiger partial charge < -0.3 is 11.1 Å². The number of amides is 1. The first-order valence-electron chi connectivity index (χ1n) is 4.86. The molecule has 1 heterocycles. The second-order valence-corrected chi connectivity index (χ2v) is 4.66. The number of halogens is 1. The number of aromatic nitrogens is 2. The molecule has 0 fully saturated rings. The van der Waals surface area contributed by atoms with Crippen LogP contribution in [0.5, 0.6) is 0 Å². The van der Waals surface area contributed by atoms with Crippen molar-refractivity contribution in [2.45, 2.75) is 32.7 Å². The molecular formula is C10H15ClN4O. The van der Waals surface area contributed by atoms with Gasteiger partial charge in [-0.1, -0.05) is 0 Å². The maximum atomic E-state index is 10.9. The molecule has 88 valence electrons. The van der Waals surface area contributed by atoms with Crippen LogP contribution in [0.1, 0.15) is 25.8 Å². The van der Waals surface area contributed by atoms with Crippen LogP contribution in [0.4, 0.5) is 5.82 Å². The van der Waals surface area contributed by atoms with E-state index in [0.717, 1.165) is 5.56 Å². The first kappa shape index (κ1) is 12.7. The average molecular weight is 243 g/mol. The highest BCUT2D eigenvalue weighted by Crippen LogP contribution is 2.20. The van der Waals surface area contributed by atoms with E-state index in [2.05, 4.69) is 15.3 Å². The molecule has 1 rings (SSSR count). The lowest BCUT2D eigenvalue weighted by Crippen LogP contribution is -2.36. The first-order chi connectivity index (χ1) is 7.30. The fourth-order valence-electron chi connectivity index (χ4n) is 1.35. The third-order valence-corrected chi connectivity index (χ3v) is 2.20. The minimum Gasteiger partial charge on any atom is -0.370 e. The molecular weight excluding hydrogens is 228 g/mol.